The average molecular weight is 425 g/mol. The number of nitriles is 1. The first-order valence-corrected chi connectivity index (χ1v) is 10.5. The van der Waals surface area contributed by atoms with Crippen molar-refractivity contribution in [2.45, 2.75) is 19.5 Å². The van der Waals surface area contributed by atoms with Gasteiger partial charge in [-0.15, -0.1) is 0 Å². The van der Waals surface area contributed by atoms with Gasteiger partial charge in [0, 0.05) is 31.2 Å². The maximum absolute atomic E-state index is 8.86. The normalized spacial score (nSPS) is 10.3. The van der Waals surface area contributed by atoms with E-state index in [1.807, 2.05) is 53.5 Å². The van der Waals surface area contributed by atoms with E-state index in [-0.39, 0.29) is 0 Å². The SMILES string of the molecule is N#Cc1ccc(Oc2ccc(NCc3ccc(OCCCn4ccnc4)cc3)cc2)cc1. The van der Waals surface area contributed by atoms with Gasteiger partial charge in [-0.3, -0.25) is 0 Å². The van der Waals surface area contributed by atoms with Crippen molar-refractivity contribution in [3.8, 4) is 23.3 Å². The van der Waals surface area contributed by atoms with Crippen molar-refractivity contribution >= 4 is 5.69 Å². The van der Waals surface area contributed by atoms with Crippen LogP contribution < -0.4 is 14.8 Å². The molecule has 3 aromatic carbocycles. The lowest BCUT2D eigenvalue weighted by Gasteiger charge is -2.10. The first-order chi connectivity index (χ1) is 15.8. The largest absolute Gasteiger partial charge is 0.494 e. The topological polar surface area (TPSA) is 72.1 Å². The molecule has 0 fully saturated rings. The van der Waals surface area contributed by atoms with Crippen molar-refractivity contribution in [1.82, 2.24) is 9.55 Å². The Morgan fingerprint density at radius 3 is 2.22 bits per heavy atom. The second-order valence-electron chi connectivity index (χ2n) is 7.26. The summed E-state index contributed by atoms with van der Waals surface area (Å²) in [4.78, 5) is 4.04. The molecule has 0 saturated heterocycles. The predicted molar refractivity (Wildman–Crippen MR) is 124 cm³/mol. The van der Waals surface area contributed by atoms with Crippen LogP contribution in [0.5, 0.6) is 17.2 Å². The minimum Gasteiger partial charge on any atom is -0.494 e. The molecule has 4 aromatic rings. The molecule has 1 N–H and O–H groups in total. The van der Waals surface area contributed by atoms with Crippen LogP contribution in [0.25, 0.3) is 0 Å². The number of ether oxygens (including phenoxy) is 2. The van der Waals surface area contributed by atoms with E-state index in [9.17, 15) is 0 Å². The second-order valence-corrected chi connectivity index (χ2v) is 7.26. The van der Waals surface area contributed by atoms with Crippen molar-refractivity contribution in [2.75, 3.05) is 11.9 Å². The second kappa shape index (κ2) is 10.7. The van der Waals surface area contributed by atoms with Crippen LogP contribution in [0.4, 0.5) is 5.69 Å². The van der Waals surface area contributed by atoms with Gasteiger partial charge in [0.1, 0.15) is 17.2 Å². The summed E-state index contributed by atoms with van der Waals surface area (Å²) in [6.45, 7) is 2.29. The van der Waals surface area contributed by atoms with Crippen molar-refractivity contribution in [3.63, 3.8) is 0 Å². The lowest BCUT2D eigenvalue weighted by molar-refractivity contribution is 0.301. The minimum absolute atomic E-state index is 0.613. The van der Waals surface area contributed by atoms with Crippen molar-refractivity contribution < 1.29 is 9.47 Å². The van der Waals surface area contributed by atoms with Gasteiger partial charge in [-0.2, -0.15) is 5.26 Å². The molecule has 0 atom stereocenters. The Bertz CT molecular complexity index is 1130. The number of aromatic nitrogens is 2. The number of imidazole rings is 1. The molecule has 6 heteroatoms. The number of nitrogens with one attached hydrogen (secondary N) is 1. The third kappa shape index (κ3) is 6.13. The molecule has 0 aliphatic heterocycles. The highest BCUT2D eigenvalue weighted by atomic mass is 16.5. The van der Waals surface area contributed by atoms with Crippen molar-refractivity contribution in [2.24, 2.45) is 0 Å². The number of nitrogens with zero attached hydrogens (tertiary/aromatic N) is 3. The molecule has 1 heterocycles. The Balaban J connectivity index is 1.20. The van der Waals surface area contributed by atoms with Crippen LogP contribution in [-0.2, 0) is 13.1 Å². The predicted octanol–water partition coefficient (Wildman–Crippen LogP) is 5.63. The fraction of sp³-hybridized carbons (Fsp3) is 0.154. The van der Waals surface area contributed by atoms with Crippen LogP contribution in [0.1, 0.15) is 17.5 Å². The Hall–Kier alpha value is -4.24. The summed E-state index contributed by atoms with van der Waals surface area (Å²) in [5.41, 5.74) is 2.80. The summed E-state index contributed by atoms with van der Waals surface area (Å²) < 4.78 is 13.7. The van der Waals surface area contributed by atoms with Gasteiger partial charge in [-0.25, -0.2) is 4.98 Å². The molecule has 0 aliphatic rings. The number of hydrogen-bond acceptors (Lipinski definition) is 5. The molecule has 0 amide bonds. The maximum Gasteiger partial charge on any atom is 0.127 e. The first kappa shape index (κ1) is 21.0. The molecular weight excluding hydrogens is 400 g/mol. The standard InChI is InChI=1S/C26H24N4O2/c27-18-21-2-10-25(11-3-21)32-26-12-6-23(7-13-26)29-19-22-4-8-24(9-5-22)31-17-1-15-30-16-14-28-20-30/h2-14,16,20,29H,1,15,17,19H2. The van der Waals surface area contributed by atoms with Gasteiger partial charge in [0.25, 0.3) is 0 Å². The molecule has 0 spiro atoms. The summed E-state index contributed by atoms with van der Waals surface area (Å²) in [5, 5.41) is 12.3. The molecule has 1 aromatic heterocycles. The molecule has 32 heavy (non-hydrogen) atoms. The number of rotatable bonds is 10. The average Bonchev–Trinajstić information content (AvgIpc) is 3.36. The van der Waals surface area contributed by atoms with Gasteiger partial charge in [0.05, 0.1) is 24.6 Å². The highest BCUT2D eigenvalue weighted by Gasteiger charge is 2.01. The van der Waals surface area contributed by atoms with Crippen LogP contribution >= 0.6 is 0 Å². The highest BCUT2D eigenvalue weighted by molar-refractivity contribution is 5.48. The Labute approximate surface area is 187 Å². The molecule has 0 saturated carbocycles. The smallest absolute Gasteiger partial charge is 0.127 e. The quantitative estimate of drug-likeness (QED) is 0.334. The Morgan fingerprint density at radius 2 is 1.56 bits per heavy atom. The zero-order valence-electron chi connectivity index (χ0n) is 17.6. The molecule has 0 bridgehead atoms. The third-order valence-electron chi connectivity index (χ3n) is 4.88. The number of aryl methyl sites for hydroxylation is 1. The molecule has 160 valence electrons. The van der Waals surface area contributed by atoms with Gasteiger partial charge in [-0.05, 0) is 72.6 Å². The summed E-state index contributed by atoms with van der Waals surface area (Å²) in [5.74, 6) is 2.33. The van der Waals surface area contributed by atoms with Crippen LogP contribution in [-0.4, -0.2) is 16.2 Å². The summed E-state index contributed by atoms with van der Waals surface area (Å²) in [6, 6.07) is 25.1. The molecule has 6 nitrogen and oxygen atoms in total. The van der Waals surface area contributed by atoms with E-state index in [0.29, 0.717) is 17.9 Å². The van der Waals surface area contributed by atoms with E-state index in [2.05, 4.69) is 28.5 Å². The van der Waals surface area contributed by atoms with Crippen molar-refractivity contribution in [1.29, 1.82) is 5.26 Å². The maximum atomic E-state index is 8.86. The number of anilines is 1. The van der Waals surface area contributed by atoms with Gasteiger partial charge in [0.2, 0.25) is 0 Å². The van der Waals surface area contributed by atoms with Crippen LogP contribution in [0, 0.1) is 11.3 Å². The molecule has 0 unspecified atom stereocenters. The van der Waals surface area contributed by atoms with Crippen LogP contribution in [0.2, 0.25) is 0 Å². The Kier molecular flexibility index (Phi) is 7.02. The van der Waals surface area contributed by atoms with Crippen molar-refractivity contribution in [3.05, 3.63) is 103 Å². The summed E-state index contributed by atoms with van der Waals surface area (Å²) >= 11 is 0. The number of hydrogen-bond donors (Lipinski definition) is 1. The van der Waals surface area contributed by atoms with Gasteiger partial charge >= 0.3 is 0 Å². The fourth-order valence-corrected chi connectivity index (χ4v) is 3.14. The van der Waals surface area contributed by atoms with Gasteiger partial charge in [0.15, 0.2) is 0 Å². The molecule has 0 aliphatic carbocycles. The zero-order valence-corrected chi connectivity index (χ0v) is 17.6. The van der Waals surface area contributed by atoms with E-state index in [1.54, 1.807) is 30.5 Å². The number of benzene rings is 3. The van der Waals surface area contributed by atoms with E-state index >= 15 is 0 Å². The molecule has 0 radical (unpaired) electrons. The fourth-order valence-electron chi connectivity index (χ4n) is 3.14. The van der Waals surface area contributed by atoms with E-state index in [0.717, 1.165) is 36.7 Å². The lowest BCUT2D eigenvalue weighted by atomic mass is 10.2. The minimum atomic E-state index is 0.613. The zero-order chi connectivity index (χ0) is 22.0. The monoisotopic (exact) mass is 424 g/mol. The first-order valence-electron chi connectivity index (χ1n) is 10.5. The summed E-state index contributed by atoms with van der Waals surface area (Å²) in [6.07, 6.45) is 6.49. The van der Waals surface area contributed by atoms with Gasteiger partial charge < -0.3 is 19.4 Å². The van der Waals surface area contributed by atoms with E-state index in [1.165, 1.54) is 5.56 Å². The molecule has 4 rings (SSSR count). The Morgan fingerprint density at radius 1 is 0.875 bits per heavy atom. The van der Waals surface area contributed by atoms with Gasteiger partial charge in [-0.1, -0.05) is 12.1 Å². The van der Waals surface area contributed by atoms with E-state index < -0.39 is 0 Å². The highest BCUT2D eigenvalue weighted by Crippen LogP contribution is 2.23. The van der Waals surface area contributed by atoms with E-state index in [4.69, 9.17) is 14.7 Å². The molecular formula is C26H24N4O2. The lowest BCUT2D eigenvalue weighted by Crippen LogP contribution is -2.03. The van der Waals surface area contributed by atoms with Crippen LogP contribution in [0.15, 0.2) is 91.5 Å². The third-order valence-corrected chi connectivity index (χ3v) is 4.88. The van der Waals surface area contributed by atoms with Crippen LogP contribution in [0.3, 0.4) is 0 Å². The summed E-state index contributed by atoms with van der Waals surface area (Å²) in [7, 11) is 0.